The summed E-state index contributed by atoms with van der Waals surface area (Å²) in [5, 5.41) is 11.2. The lowest BCUT2D eigenvalue weighted by atomic mass is 10.1. The molecule has 0 fully saturated rings. The Balaban J connectivity index is 2.89. The number of halogens is 1. The second kappa shape index (κ2) is 4.56. The summed E-state index contributed by atoms with van der Waals surface area (Å²) >= 11 is 0. The smallest absolute Gasteiger partial charge is 0.226 e. The number of nitrogens with one attached hydrogen (secondary N) is 1. The number of anilines is 1. The van der Waals surface area contributed by atoms with Crippen LogP contribution in [0, 0.1) is 23.1 Å². The highest BCUT2D eigenvalue weighted by atomic mass is 19.1. The fraction of sp³-hybridized carbons (Fsp3) is 0.273. The molecule has 1 N–H and O–H groups in total. The van der Waals surface area contributed by atoms with Crippen LogP contribution >= 0.6 is 0 Å². The van der Waals surface area contributed by atoms with Crippen molar-refractivity contribution in [1.29, 1.82) is 5.26 Å². The maximum atomic E-state index is 12.9. The summed E-state index contributed by atoms with van der Waals surface area (Å²) in [5.41, 5.74) is 0.364. The van der Waals surface area contributed by atoms with Crippen LogP contribution in [0.2, 0.25) is 0 Å². The van der Waals surface area contributed by atoms with Gasteiger partial charge in [-0.15, -0.1) is 0 Å². The maximum Gasteiger partial charge on any atom is 0.226 e. The van der Waals surface area contributed by atoms with Crippen LogP contribution in [0.3, 0.4) is 0 Å². The highest BCUT2D eigenvalue weighted by molar-refractivity contribution is 5.92. The van der Waals surface area contributed by atoms with E-state index in [4.69, 9.17) is 5.26 Å². The van der Waals surface area contributed by atoms with Crippen molar-refractivity contribution < 1.29 is 9.18 Å². The van der Waals surface area contributed by atoms with Gasteiger partial charge in [-0.05, 0) is 18.2 Å². The molecule has 0 aliphatic rings. The number of carbonyl (C=O) groups excluding carboxylic acids is 1. The lowest BCUT2D eigenvalue weighted by Crippen LogP contribution is -2.17. The van der Waals surface area contributed by atoms with Crippen molar-refractivity contribution in [2.75, 3.05) is 5.32 Å². The van der Waals surface area contributed by atoms with E-state index in [1.54, 1.807) is 19.9 Å². The van der Waals surface area contributed by atoms with Crippen molar-refractivity contribution in [3.05, 3.63) is 29.6 Å². The van der Waals surface area contributed by atoms with Crippen molar-refractivity contribution in [3.63, 3.8) is 0 Å². The van der Waals surface area contributed by atoms with Crippen molar-refractivity contribution in [2.45, 2.75) is 13.8 Å². The Labute approximate surface area is 87.5 Å². The third kappa shape index (κ3) is 2.78. The highest BCUT2D eigenvalue weighted by Gasteiger charge is 2.08. The molecule has 1 aromatic carbocycles. The Hall–Kier alpha value is -1.89. The van der Waals surface area contributed by atoms with Crippen LogP contribution < -0.4 is 5.32 Å². The summed E-state index contributed by atoms with van der Waals surface area (Å²) in [7, 11) is 0. The van der Waals surface area contributed by atoms with Gasteiger partial charge in [-0.25, -0.2) is 4.39 Å². The monoisotopic (exact) mass is 206 g/mol. The summed E-state index contributed by atoms with van der Waals surface area (Å²) < 4.78 is 12.9. The first kappa shape index (κ1) is 11.2. The molecule has 78 valence electrons. The van der Waals surface area contributed by atoms with Gasteiger partial charge in [-0.1, -0.05) is 13.8 Å². The van der Waals surface area contributed by atoms with E-state index < -0.39 is 5.82 Å². The molecule has 4 heteroatoms. The Morgan fingerprint density at radius 2 is 2.20 bits per heavy atom. The molecule has 0 saturated carbocycles. The molecule has 1 rings (SSSR count). The van der Waals surface area contributed by atoms with Gasteiger partial charge in [0.2, 0.25) is 5.91 Å². The number of benzene rings is 1. The molecule has 0 bridgehead atoms. The van der Waals surface area contributed by atoms with Crippen molar-refractivity contribution in [1.82, 2.24) is 0 Å². The van der Waals surface area contributed by atoms with Crippen molar-refractivity contribution in [2.24, 2.45) is 5.92 Å². The molecule has 0 unspecified atom stereocenters. The number of nitrogens with zero attached hydrogens (tertiary/aromatic N) is 1. The first-order chi connectivity index (χ1) is 7.04. The number of carbonyl (C=O) groups is 1. The number of nitriles is 1. The van der Waals surface area contributed by atoms with Crippen LogP contribution in [0.15, 0.2) is 18.2 Å². The van der Waals surface area contributed by atoms with Gasteiger partial charge in [0.1, 0.15) is 11.9 Å². The fourth-order valence-corrected chi connectivity index (χ4v) is 0.975. The number of amides is 1. The fourth-order valence-electron chi connectivity index (χ4n) is 0.975. The van der Waals surface area contributed by atoms with Crippen LogP contribution in [0.5, 0.6) is 0 Å². The van der Waals surface area contributed by atoms with Gasteiger partial charge < -0.3 is 5.32 Å². The lowest BCUT2D eigenvalue weighted by molar-refractivity contribution is -0.118. The molecule has 0 aliphatic heterocycles. The van der Waals surface area contributed by atoms with Gasteiger partial charge in [0, 0.05) is 11.6 Å². The van der Waals surface area contributed by atoms with Gasteiger partial charge in [0.05, 0.1) is 5.56 Å². The zero-order chi connectivity index (χ0) is 11.4. The highest BCUT2D eigenvalue weighted by Crippen LogP contribution is 2.14. The molecule has 0 heterocycles. The molecular formula is C11H11FN2O. The second-order valence-corrected chi connectivity index (χ2v) is 3.45. The molecule has 0 spiro atoms. The van der Waals surface area contributed by atoms with Crippen molar-refractivity contribution >= 4 is 11.6 Å². The van der Waals surface area contributed by atoms with Crippen LogP contribution in [-0.2, 0) is 4.79 Å². The summed E-state index contributed by atoms with van der Waals surface area (Å²) in [6.07, 6.45) is 0. The van der Waals surface area contributed by atoms with Gasteiger partial charge in [0.25, 0.3) is 0 Å². The van der Waals surface area contributed by atoms with Gasteiger partial charge in [0.15, 0.2) is 0 Å². The van der Waals surface area contributed by atoms with Crippen LogP contribution in [0.1, 0.15) is 19.4 Å². The predicted octanol–water partition coefficient (Wildman–Crippen LogP) is 2.29. The Morgan fingerprint density at radius 1 is 1.53 bits per heavy atom. The maximum absolute atomic E-state index is 12.9. The summed E-state index contributed by atoms with van der Waals surface area (Å²) in [4.78, 5) is 11.3. The normalized spacial score (nSPS) is 9.80. The summed E-state index contributed by atoms with van der Waals surface area (Å²) in [6.45, 7) is 3.51. The zero-order valence-corrected chi connectivity index (χ0v) is 8.54. The van der Waals surface area contributed by atoms with Crippen LogP contribution in [-0.4, -0.2) is 5.91 Å². The van der Waals surface area contributed by atoms with E-state index in [2.05, 4.69) is 5.32 Å². The van der Waals surface area contributed by atoms with Crippen LogP contribution in [0.4, 0.5) is 10.1 Å². The van der Waals surface area contributed by atoms with E-state index in [0.717, 1.165) is 6.07 Å². The van der Waals surface area contributed by atoms with E-state index in [9.17, 15) is 9.18 Å². The SMILES string of the molecule is CC(C)C(=O)Nc1ccc(F)c(C#N)c1. The molecule has 0 aromatic heterocycles. The molecule has 0 saturated heterocycles. The Morgan fingerprint density at radius 3 is 2.73 bits per heavy atom. The molecule has 0 aliphatic carbocycles. The number of rotatable bonds is 2. The van der Waals surface area contributed by atoms with Gasteiger partial charge >= 0.3 is 0 Å². The summed E-state index contributed by atoms with van der Waals surface area (Å²) in [5.74, 6) is -0.897. The minimum absolute atomic E-state index is 0.0726. The topological polar surface area (TPSA) is 52.9 Å². The lowest BCUT2D eigenvalue weighted by Gasteiger charge is -2.07. The van der Waals surface area contributed by atoms with E-state index >= 15 is 0 Å². The molecule has 3 nitrogen and oxygen atoms in total. The largest absolute Gasteiger partial charge is 0.326 e. The number of hydrogen-bond acceptors (Lipinski definition) is 2. The average Bonchev–Trinajstić information content (AvgIpc) is 2.20. The Bertz CT molecular complexity index is 421. The third-order valence-electron chi connectivity index (χ3n) is 1.88. The molecule has 1 aromatic rings. The molecule has 15 heavy (non-hydrogen) atoms. The Kier molecular flexibility index (Phi) is 3.40. The van der Waals surface area contributed by atoms with E-state index in [-0.39, 0.29) is 17.4 Å². The third-order valence-corrected chi connectivity index (χ3v) is 1.88. The first-order valence-corrected chi connectivity index (χ1v) is 4.55. The average molecular weight is 206 g/mol. The van der Waals surface area contributed by atoms with Gasteiger partial charge in [-0.2, -0.15) is 5.26 Å². The molecule has 0 atom stereocenters. The van der Waals surface area contributed by atoms with E-state index in [1.165, 1.54) is 12.1 Å². The minimum atomic E-state index is -0.583. The van der Waals surface area contributed by atoms with E-state index in [1.807, 2.05) is 0 Å². The van der Waals surface area contributed by atoms with Crippen molar-refractivity contribution in [3.8, 4) is 6.07 Å². The number of hydrogen-bond donors (Lipinski definition) is 1. The molecular weight excluding hydrogens is 195 g/mol. The zero-order valence-electron chi connectivity index (χ0n) is 8.54. The second-order valence-electron chi connectivity index (χ2n) is 3.45. The predicted molar refractivity (Wildman–Crippen MR) is 54.6 cm³/mol. The standard InChI is InChI=1S/C11H11FN2O/c1-7(2)11(15)14-9-3-4-10(12)8(5-9)6-13/h3-5,7H,1-2H3,(H,14,15). The molecule has 1 amide bonds. The molecule has 0 radical (unpaired) electrons. The quantitative estimate of drug-likeness (QED) is 0.807. The minimum Gasteiger partial charge on any atom is -0.326 e. The first-order valence-electron chi connectivity index (χ1n) is 4.55. The van der Waals surface area contributed by atoms with Crippen LogP contribution in [0.25, 0.3) is 0 Å². The van der Waals surface area contributed by atoms with E-state index in [0.29, 0.717) is 5.69 Å². The van der Waals surface area contributed by atoms with Gasteiger partial charge in [-0.3, -0.25) is 4.79 Å². The summed E-state index contributed by atoms with van der Waals surface area (Å²) in [6, 6.07) is 5.62.